The summed E-state index contributed by atoms with van der Waals surface area (Å²) in [6.45, 7) is 1.25. The molecule has 0 heterocycles. The average Bonchev–Trinajstić information content (AvgIpc) is 3.13. The largest absolute Gasteiger partial charge is 0.490 e. The van der Waals surface area contributed by atoms with E-state index in [0.29, 0.717) is 23.6 Å². The molecule has 1 aliphatic rings. The Labute approximate surface area is 152 Å². The average molecular weight is 364 g/mol. The van der Waals surface area contributed by atoms with Crippen molar-refractivity contribution in [2.45, 2.75) is 45.4 Å². The lowest BCUT2D eigenvalue weighted by molar-refractivity contribution is -0.385. The summed E-state index contributed by atoms with van der Waals surface area (Å²) < 4.78 is 9.99. The van der Waals surface area contributed by atoms with Crippen LogP contribution in [-0.4, -0.2) is 30.5 Å². The van der Waals surface area contributed by atoms with Crippen molar-refractivity contribution in [1.29, 1.82) is 0 Å². The first-order chi connectivity index (χ1) is 12.4. The predicted octanol–water partition coefficient (Wildman–Crippen LogP) is 3.36. The van der Waals surface area contributed by atoms with Gasteiger partial charge >= 0.3 is 11.7 Å². The number of nitro groups is 1. The number of hydrogen-bond donors (Lipinski definition) is 1. The van der Waals surface area contributed by atoms with E-state index in [1.165, 1.54) is 32.1 Å². The normalized spacial score (nSPS) is 14.1. The Kier molecular flexibility index (Phi) is 6.94. The monoisotopic (exact) mass is 364 g/mol. The van der Waals surface area contributed by atoms with Crippen LogP contribution in [-0.2, 0) is 14.3 Å². The SMILES string of the molecule is COc1cc(NC(=O)COC(=O)CCC2CCCC2)c(C)cc1[N+](=O)[O-]. The topological polar surface area (TPSA) is 108 Å². The molecule has 0 aromatic heterocycles. The van der Waals surface area contributed by atoms with Crippen LogP contribution in [0.3, 0.4) is 0 Å². The summed E-state index contributed by atoms with van der Waals surface area (Å²) in [5, 5.41) is 13.6. The van der Waals surface area contributed by atoms with Gasteiger partial charge in [0.05, 0.1) is 12.0 Å². The molecule has 0 unspecified atom stereocenters. The third-order valence-electron chi connectivity index (χ3n) is 4.59. The van der Waals surface area contributed by atoms with Gasteiger partial charge in [0.2, 0.25) is 0 Å². The summed E-state index contributed by atoms with van der Waals surface area (Å²) in [5.74, 6) is -0.251. The van der Waals surface area contributed by atoms with Gasteiger partial charge in [-0.25, -0.2) is 0 Å². The van der Waals surface area contributed by atoms with Crippen molar-refractivity contribution in [3.8, 4) is 5.75 Å². The van der Waals surface area contributed by atoms with Gasteiger partial charge < -0.3 is 14.8 Å². The number of methoxy groups -OCH3 is 1. The van der Waals surface area contributed by atoms with Gasteiger partial charge in [0.1, 0.15) is 0 Å². The molecule has 0 spiro atoms. The quantitative estimate of drug-likeness (QED) is 0.430. The van der Waals surface area contributed by atoms with Crippen LogP contribution in [0.4, 0.5) is 11.4 Å². The third-order valence-corrected chi connectivity index (χ3v) is 4.59. The van der Waals surface area contributed by atoms with E-state index >= 15 is 0 Å². The van der Waals surface area contributed by atoms with Crippen LogP contribution in [0.5, 0.6) is 5.75 Å². The van der Waals surface area contributed by atoms with E-state index in [-0.39, 0.29) is 24.0 Å². The number of amides is 1. The predicted molar refractivity (Wildman–Crippen MR) is 95.2 cm³/mol. The van der Waals surface area contributed by atoms with Gasteiger partial charge in [0.25, 0.3) is 5.91 Å². The first-order valence-electron chi connectivity index (χ1n) is 8.69. The Bertz CT molecular complexity index is 683. The Hall–Kier alpha value is -2.64. The minimum absolute atomic E-state index is 0.0458. The zero-order chi connectivity index (χ0) is 19.1. The zero-order valence-electron chi connectivity index (χ0n) is 15.1. The second kappa shape index (κ2) is 9.17. The number of carbonyl (C=O) groups excluding carboxylic acids is 2. The fourth-order valence-electron chi connectivity index (χ4n) is 3.14. The second-order valence-corrected chi connectivity index (χ2v) is 6.49. The van der Waals surface area contributed by atoms with Crippen LogP contribution < -0.4 is 10.1 Å². The van der Waals surface area contributed by atoms with Crippen molar-refractivity contribution in [2.75, 3.05) is 19.0 Å². The number of esters is 1. The summed E-state index contributed by atoms with van der Waals surface area (Å²) in [6.07, 6.45) is 5.89. The number of anilines is 1. The van der Waals surface area contributed by atoms with Gasteiger partial charge in [-0.05, 0) is 24.8 Å². The Morgan fingerprint density at radius 1 is 1.31 bits per heavy atom. The number of nitro benzene ring substituents is 1. The molecule has 2 rings (SSSR count). The Balaban J connectivity index is 1.85. The number of aryl methyl sites for hydroxylation is 1. The molecule has 0 radical (unpaired) electrons. The highest BCUT2D eigenvalue weighted by Gasteiger charge is 2.19. The molecule has 142 valence electrons. The molecule has 1 aromatic carbocycles. The zero-order valence-corrected chi connectivity index (χ0v) is 15.1. The maximum atomic E-state index is 12.0. The number of benzene rings is 1. The lowest BCUT2D eigenvalue weighted by atomic mass is 10.0. The molecule has 1 fully saturated rings. The molecule has 0 atom stereocenters. The number of nitrogens with zero attached hydrogens (tertiary/aromatic N) is 1. The second-order valence-electron chi connectivity index (χ2n) is 6.49. The van der Waals surface area contributed by atoms with Crippen LogP contribution in [0, 0.1) is 23.0 Å². The van der Waals surface area contributed by atoms with Crippen molar-refractivity contribution in [3.63, 3.8) is 0 Å². The van der Waals surface area contributed by atoms with Gasteiger partial charge in [-0.3, -0.25) is 19.7 Å². The van der Waals surface area contributed by atoms with Gasteiger partial charge in [-0.2, -0.15) is 0 Å². The van der Waals surface area contributed by atoms with E-state index < -0.39 is 10.8 Å². The summed E-state index contributed by atoms with van der Waals surface area (Å²) in [5.41, 5.74) is 0.708. The first kappa shape index (κ1) is 19.7. The minimum atomic E-state index is -0.552. The minimum Gasteiger partial charge on any atom is -0.490 e. The number of nitrogens with one attached hydrogen (secondary N) is 1. The van der Waals surface area contributed by atoms with E-state index in [1.807, 2.05) is 0 Å². The van der Waals surface area contributed by atoms with Gasteiger partial charge in [-0.15, -0.1) is 0 Å². The van der Waals surface area contributed by atoms with Crippen LogP contribution in [0.2, 0.25) is 0 Å². The lowest BCUT2D eigenvalue weighted by Gasteiger charge is -2.11. The van der Waals surface area contributed by atoms with E-state index in [4.69, 9.17) is 9.47 Å². The van der Waals surface area contributed by atoms with Crippen LogP contribution >= 0.6 is 0 Å². The number of rotatable bonds is 8. The molecule has 26 heavy (non-hydrogen) atoms. The van der Waals surface area contributed by atoms with Crippen LogP contribution in [0.25, 0.3) is 0 Å². The molecular formula is C18H24N2O6. The molecule has 8 nitrogen and oxygen atoms in total. The van der Waals surface area contributed by atoms with Crippen molar-refractivity contribution < 1.29 is 24.0 Å². The molecule has 8 heteroatoms. The van der Waals surface area contributed by atoms with Gasteiger partial charge in [-0.1, -0.05) is 25.7 Å². The molecule has 0 bridgehead atoms. The lowest BCUT2D eigenvalue weighted by Crippen LogP contribution is -2.21. The standard InChI is InChI=1S/C18H24N2O6/c1-12-9-15(20(23)24)16(25-2)10-14(12)19-17(21)11-26-18(22)8-7-13-5-3-4-6-13/h9-10,13H,3-8,11H2,1-2H3,(H,19,21). The summed E-state index contributed by atoms with van der Waals surface area (Å²) >= 11 is 0. The first-order valence-corrected chi connectivity index (χ1v) is 8.69. The van der Waals surface area contributed by atoms with Crippen molar-refractivity contribution in [3.05, 3.63) is 27.8 Å². The fourth-order valence-corrected chi connectivity index (χ4v) is 3.14. The van der Waals surface area contributed by atoms with E-state index in [1.54, 1.807) is 6.92 Å². The van der Waals surface area contributed by atoms with E-state index in [9.17, 15) is 19.7 Å². The maximum Gasteiger partial charge on any atom is 0.311 e. The molecular weight excluding hydrogens is 340 g/mol. The van der Waals surface area contributed by atoms with Crippen molar-refractivity contribution in [1.82, 2.24) is 0 Å². The Morgan fingerprint density at radius 2 is 2.00 bits per heavy atom. The molecule has 0 saturated heterocycles. The van der Waals surface area contributed by atoms with Crippen LogP contribution in [0.1, 0.15) is 44.1 Å². The molecule has 0 aliphatic heterocycles. The molecule has 1 aliphatic carbocycles. The highest BCUT2D eigenvalue weighted by Crippen LogP contribution is 2.32. The molecule has 1 N–H and O–H groups in total. The molecule has 1 aromatic rings. The van der Waals surface area contributed by atoms with Crippen molar-refractivity contribution in [2.24, 2.45) is 5.92 Å². The van der Waals surface area contributed by atoms with Gasteiger partial charge in [0, 0.05) is 24.2 Å². The smallest absolute Gasteiger partial charge is 0.311 e. The Morgan fingerprint density at radius 3 is 2.62 bits per heavy atom. The molecule has 1 amide bonds. The highest BCUT2D eigenvalue weighted by atomic mass is 16.6. The summed E-state index contributed by atoms with van der Waals surface area (Å²) in [7, 11) is 1.31. The third kappa shape index (κ3) is 5.44. The number of hydrogen-bond acceptors (Lipinski definition) is 6. The number of carbonyl (C=O) groups is 2. The summed E-state index contributed by atoms with van der Waals surface area (Å²) in [4.78, 5) is 34.2. The van der Waals surface area contributed by atoms with Gasteiger partial charge in [0.15, 0.2) is 12.4 Å². The van der Waals surface area contributed by atoms with Crippen molar-refractivity contribution >= 4 is 23.3 Å². The highest BCUT2D eigenvalue weighted by molar-refractivity contribution is 5.94. The van der Waals surface area contributed by atoms with E-state index in [2.05, 4.69) is 5.32 Å². The maximum absolute atomic E-state index is 12.0. The number of ether oxygens (including phenoxy) is 2. The molecule has 1 saturated carbocycles. The summed E-state index contributed by atoms with van der Waals surface area (Å²) in [6, 6.07) is 2.70. The van der Waals surface area contributed by atoms with Crippen LogP contribution in [0.15, 0.2) is 12.1 Å². The van der Waals surface area contributed by atoms with E-state index in [0.717, 1.165) is 19.3 Å². The fraction of sp³-hybridized carbons (Fsp3) is 0.556.